The zero-order valence-electron chi connectivity index (χ0n) is 14.0. The van der Waals surface area contributed by atoms with Crippen LogP contribution in [0.25, 0.3) is 10.9 Å². The molecule has 0 unspecified atom stereocenters. The molecule has 3 aromatic rings. The number of benzene rings is 1. The summed E-state index contributed by atoms with van der Waals surface area (Å²) in [4.78, 5) is 15.7. The third kappa shape index (κ3) is 2.82. The molecule has 3 heterocycles. The smallest absolute Gasteiger partial charge is 0.252 e. The number of fused-ring (bicyclic) bond motifs is 2. The molecule has 25 heavy (non-hydrogen) atoms. The standard InChI is InChI=1S/C18H18N2O3S2/c1-11-7-14-8-13-5-6-20(10-15(13)9-16(14)19-18(11)21)25(22,23)17-4-3-12(2)24-17/h3-4,7-9H,5-6,10H2,1-2H3,(H,19,21). The van der Waals surface area contributed by atoms with Crippen molar-refractivity contribution in [2.45, 2.75) is 31.0 Å². The fourth-order valence-electron chi connectivity index (χ4n) is 3.23. The first-order valence-electron chi connectivity index (χ1n) is 8.06. The van der Waals surface area contributed by atoms with Gasteiger partial charge in [0.1, 0.15) is 4.21 Å². The zero-order chi connectivity index (χ0) is 17.8. The van der Waals surface area contributed by atoms with Gasteiger partial charge in [0.25, 0.3) is 15.6 Å². The van der Waals surface area contributed by atoms with E-state index < -0.39 is 10.0 Å². The highest BCUT2D eigenvalue weighted by Gasteiger charge is 2.29. The van der Waals surface area contributed by atoms with Crippen LogP contribution in [0, 0.1) is 13.8 Å². The second-order valence-corrected chi connectivity index (χ2v) is 9.90. The number of nitrogens with one attached hydrogen (secondary N) is 1. The lowest BCUT2D eigenvalue weighted by Gasteiger charge is -2.28. The largest absolute Gasteiger partial charge is 0.322 e. The molecule has 0 aliphatic carbocycles. The zero-order valence-corrected chi connectivity index (χ0v) is 15.6. The van der Waals surface area contributed by atoms with Crippen molar-refractivity contribution >= 4 is 32.3 Å². The average molecular weight is 374 g/mol. The van der Waals surface area contributed by atoms with E-state index in [1.54, 1.807) is 13.0 Å². The number of hydrogen-bond acceptors (Lipinski definition) is 4. The second kappa shape index (κ2) is 5.79. The average Bonchev–Trinajstić information content (AvgIpc) is 3.01. The van der Waals surface area contributed by atoms with Gasteiger partial charge in [0.15, 0.2) is 0 Å². The molecule has 7 heteroatoms. The highest BCUT2D eigenvalue weighted by molar-refractivity contribution is 7.91. The predicted molar refractivity (Wildman–Crippen MR) is 99.7 cm³/mol. The van der Waals surface area contributed by atoms with Crippen LogP contribution in [0.2, 0.25) is 0 Å². The maximum atomic E-state index is 12.9. The molecule has 130 valence electrons. The van der Waals surface area contributed by atoms with E-state index in [0.29, 0.717) is 29.3 Å². The third-order valence-electron chi connectivity index (χ3n) is 4.64. The van der Waals surface area contributed by atoms with Crippen LogP contribution < -0.4 is 5.56 Å². The lowest BCUT2D eigenvalue weighted by Crippen LogP contribution is -2.35. The number of nitrogens with zero attached hydrogens (tertiary/aromatic N) is 1. The Labute approximate surface area is 150 Å². The highest BCUT2D eigenvalue weighted by atomic mass is 32.2. The van der Waals surface area contributed by atoms with Gasteiger partial charge in [-0.25, -0.2) is 8.42 Å². The van der Waals surface area contributed by atoms with Gasteiger partial charge in [0.2, 0.25) is 0 Å². The van der Waals surface area contributed by atoms with Gasteiger partial charge in [-0.15, -0.1) is 11.3 Å². The molecule has 0 spiro atoms. The number of rotatable bonds is 2. The van der Waals surface area contributed by atoms with E-state index in [9.17, 15) is 13.2 Å². The first kappa shape index (κ1) is 16.5. The van der Waals surface area contributed by atoms with Crippen LogP contribution in [-0.2, 0) is 23.0 Å². The highest BCUT2D eigenvalue weighted by Crippen LogP contribution is 2.30. The Kier molecular flexibility index (Phi) is 3.82. The van der Waals surface area contributed by atoms with Crippen LogP contribution in [0.5, 0.6) is 0 Å². The van der Waals surface area contributed by atoms with E-state index in [4.69, 9.17) is 0 Å². The first-order valence-corrected chi connectivity index (χ1v) is 10.3. The Balaban J connectivity index is 1.74. The molecule has 2 aromatic heterocycles. The minimum atomic E-state index is -3.47. The van der Waals surface area contributed by atoms with Gasteiger partial charge in [-0.05, 0) is 67.1 Å². The van der Waals surface area contributed by atoms with E-state index in [1.165, 1.54) is 15.6 Å². The lowest BCUT2D eigenvalue weighted by molar-refractivity contribution is 0.393. The molecule has 0 radical (unpaired) electrons. The number of pyridine rings is 1. The Bertz CT molecular complexity index is 1140. The van der Waals surface area contributed by atoms with Crippen LogP contribution >= 0.6 is 11.3 Å². The minimum absolute atomic E-state index is 0.109. The van der Waals surface area contributed by atoms with Crippen molar-refractivity contribution in [1.29, 1.82) is 0 Å². The molecule has 0 atom stereocenters. The van der Waals surface area contributed by atoms with Crippen LogP contribution in [-0.4, -0.2) is 24.3 Å². The van der Waals surface area contributed by atoms with Gasteiger partial charge in [0, 0.05) is 29.0 Å². The molecule has 4 rings (SSSR count). The number of thiophene rings is 1. The fourth-order valence-corrected chi connectivity index (χ4v) is 6.09. The summed E-state index contributed by atoms with van der Waals surface area (Å²) in [6.45, 7) is 4.50. The molecule has 0 fully saturated rings. The van der Waals surface area contributed by atoms with Gasteiger partial charge < -0.3 is 4.98 Å². The monoisotopic (exact) mass is 374 g/mol. The number of aromatic amines is 1. The van der Waals surface area contributed by atoms with Crippen LogP contribution in [0.1, 0.15) is 21.6 Å². The van der Waals surface area contributed by atoms with Gasteiger partial charge in [-0.1, -0.05) is 0 Å². The number of aryl methyl sites for hydroxylation is 2. The number of hydrogen-bond donors (Lipinski definition) is 1. The molecule has 1 aliphatic heterocycles. The molecule has 1 aliphatic rings. The van der Waals surface area contributed by atoms with Crippen molar-refractivity contribution in [3.05, 3.63) is 62.3 Å². The van der Waals surface area contributed by atoms with Crippen molar-refractivity contribution in [1.82, 2.24) is 9.29 Å². The SMILES string of the molecule is Cc1ccc(S(=O)(=O)N2CCc3cc4cc(C)c(=O)[nH]c4cc3C2)s1. The van der Waals surface area contributed by atoms with Gasteiger partial charge in [-0.2, -0.15) is 4.31 Å². The van der Waals surface area contributed by atoms with Gasteiger partial charge >= 0.3 is 0 Å². The summed E-state index contributed by atoms with van der Waals surface area (Å²) < 4.78 is 27.6. The van der Waals surface area contributed by atoms with Crippen LogP contribution in [0.3, 0.4) is 0 Å². The first-order chi connectivity index (χ1) is 11.8. The Morgan fingerprint density at radius 2 is 1.92 bits per heavy atom. The maximum Gasteiger partial charge on any atom is 0.252 e. The summed E-state index contributed by atoms with van der Waals surface area (Å²) in [5.74, 6) is 0. The molecule has 0 amide bonds. The quantitative estimate of drug-likeness (QED) is 0.750. The van der Waals surface area contributed by atoms with E-state index >= 15 is 0 Å². The topological polar surface area (TPSA) is 70.2 Å². The number of aromatic nitrogens is 1. The third-order valence-corrected chi connectivity index (χ3v) is 7.95. The molecule has 1 aromatic carbocycles. The van der Waals surface area contributed by atoms with Crippen LogP contribution in [0.15, 0.2) is 39.3 Å². The van der Waals surface area contributed by atoms with Crippen molar-refractivity contribution in [2.75, 3.05) is 6.54 Å². The molecule has 5 nitrogen and oxygen atoms in total. The van der Waals surface area contributed by atoms with Gasteiger partial charge in [-0.3, -0.25) is 4.79 Å². The normalized spacial score (nSPS) is 15.4. The lowest BCUT2D eigenvalue weighted by atomic mass is 9.98. The summed E-state index contributed by atoms with van der Waals surface area (Å²) in [6, 6.07) is 9.35. The summed E-state index contributed by atoms with van der Waals surface area (Å²) in [6.07, 6.45) is 0.674. The summed E-state index contributed by atoms with van der Waals surface area (Å²) >= 11 is 1.30. The fraction of sp³-hybridized carbons (Fsp3) is 0.278. The summed E-state index contributed by atoms with van der Waals surface area (Å²) in [7, 11) is -3.47. The summed E-state index contributed by atoms with van der Waals surface area (Å²) in [5, 5.41) is 0.987. The second-order valence-electron chi connectivity index (χ2n) is 6.44. The molecule has 1 N–H and O–H groups in total. The maximum absolute atomic E-state index is 12.9. The molecule has 0 bridgehead atoms. The molecular weight excluding hydrogens is 356 g/mol. The number of sulfonamides is 1. The Hall–Kier alpha value is -1.96. The van der Waals surface area contributed by atoms with Crippen molar-refractivity contribution < 1.29 is 8.42 Å². The Morgan fingerprint density at radius 3 is 2.64 bits per heavy atom. The van der Waals surface area contributed by atoms with E-state index in [-0.39, 0.29) is 5.56 Å². The summed E-state index contributed by atoms with van der Waals surface area (Å²) in [5.41, 5.74) is 3.42. The number of H-pyrrole nitrogens is 1. The van der Waals surface area contributed by atoms with E-state index in [0.717, 1.165) is 26.9 Å². The Morgan fingerprint density at radius 1 is 1.12 bits per heavy atom. The molecule has 0 saturated heterocycles. The molecular formula is C18H18N2O3S2. The van der Waals surface area contributed by atoms with Crippen LogP contribution in [0.4, 0.5) is 0 Å². The minimum Gasteiger partial charge on any atom is -0.322 e. The van der Waals surface area contributed by atoms with Crippen molar-refractivity contribution in [2.24, 2.45) is 0 Å². The van der Waals surface area contributed by atoms with Crippen molar-refractivity contribution in [3.8, 4) is 0 Å². The predicted octanol–water partition coefficient (Wildman–Crippen LogP) is 2.95. The molecule has 0 saturated carbocycles. The van der Waals surface area contributed by atoms with Crippen molar-refractivity contribution in [3.63, 3.8) is 0 Å². The van der Waals surface area contributed by atoms with Gasteiger partial charge in [0.05, 0.1) is 0 Å². The van der Waals surface area contributed by atoms with E-state index in [1.807, 2.05) is 25.1 Å². The van der Waals surface area contributed by atoms with E-state index in [2.05, 4.69) is 11.1 Å².